The Balaban J connectivity index is 1.77. The molecular formula is C12H15BrN4O. The van der Waals surface area contributed by atoms with Crippen LogP contribution < -0.4 is 5.73 Å². The number of amides is 1. The SMILES string of the molecule is NC12CCCC1CN(C(=O)c1ncc(Br)cn1)C2. The van der Waals surface area contributed by atoms with Crippen LogP contribution in [-0.4, -0.2) is 39.4 Å². The van der Waals surface area contributed by atoms with Crippen LogP contribution in [0.2, 0.25) is 0 Å². The van der Waals surface area contributed by atoms with E-state index in [0.29, 0.717) is 12.5 Å². The van der Waals surface area contributed by atoms with Gasteiger partial charge in [-0.3, -0.25) is 4.79 Å². The molecule has 2 heterocycles. The summed E-state index contributed by atoms with van der Waals surface area (Å²) in [4.78, 5) is 22.2. The monoisotopic (exact) mass is 310 g/mol. The third kappa shape index (κ3) is 1.93. The Kier molecular flexibility index (Phi) is 2.86. The van der Waals surface area contributed by atoms with Gasteiger partial charge in [0.2, 0.25) is 5.82 Å². The highest BCUT2D eigenvalue weighted by Gasteiger charge is 2.48. The summed E-state index contributed by atoms with van der Waals surface area (Å²) in [7, 11) is 0. The fourth-order valence-electron chi connectivity index (χ4n) is 3.06. The van der Waals surface area contributed by atoms with Gasteiger partial charge in [0.1, 0.15) is 0 Å². The number of hydrogen-bond acceptors (Lipinski definition) is 4. The molecule has 2 aliphatic rings. The number of nitrogens with two attached hydrogens (primary N) is 1. The molecule has 0 aromatic carbocycles. The van der Waals surface area contributed by atoms with E-state index in [-0.39, 0.29) is 17.3 Å². The molecule has 0 spiro atoms. The lowest BCUT2D eigenvalue weighted by Gasteiger charge is -2.22. The van der Waals surface area contributed by atoms with E-state index < -0.39 is 0 Å². The predicted molar refractivity (Wildman–Crippen MR) is 69.9 cm³/mol. The number of carbonyl (C=O) groups excluding carboxylic acids is 1. The molecule has 2 N–H and O–H groups in total. The van der Waals surface area contributed by atoms with Crippen molar-refractivity contribution in [2.45, 2.75) is 24.8 Å². The quantitative estimate of drug-likeness (QED) is 0.846. The number of carbonyl (C=O) groups is 1. The zero-order chi connectivity index (χ0) is 12.8. The van der Waals surface area contributed by atoms with Crippen LogP contribution >= 0.6 is 15.9 Å². The standard InChI is InChI=1S/C12H15BrN4O/c13-9-4-15-10(16-5-9)11(18)17-6-8-2-1-3-12(8,14)7-17/h4-5,8H,1-3,6-7,14H2. The van der Waals surface area contributed by atoms with Gasteiger partial charge < -0.3 is 10.6 Å². The summed E-state index contributed by atoms with van der Waals surface area (Å²) in [5.41, 5.74) is 6.18. The largest absolute Gasteiger partial charge is 0.334 e. The molecule has 2 fully saturated rings. The molecular weight excluding hydrogens is 296 g/mol. The molecule has 2 atom stereocenters. The van der Waals surface area contributed by atoms with Crippen LogP contribution in [0.4, 0.5) is 0 Å². The van der Waals surface area contributed by atoms with E-state index in [1.165, 1.54) is 6.42 Å². The minimum atomic E-state index is -0.176. The predicted octanol–water partition coefficient (Wildman–Crippen LogP) is 1.19. The summed E-state index contributed by atoms with van der Waals surface area (Å²) in [6.07, 6.45) is 6.51. The van der Waals surface area contributed by atoms with Crippen molar-refractivity contribution in [2.75, 3.05) is 13.1 Å². The minimum absolute atomic E-state index is 0.110. The van der Waals surface area contributed by atoms with Gasteiger partial charge in [-0.2, -0.15) is 0 Å². The lowest BCUT2D eigenvalue weighted by atomic mass is 9.92. The van der Waals surface area contributed by atoms with Gasteiger partial charge in [0, 0.05) is 31.0 Å². The van der Waals surface area contributed by atoms with Gasteiger partial charge in [-0.05, 0) is 34.7 Å². The van der Waals surface area contributed by atoms with Crippen molar-refractivity contribution in [1.29, 1.82) is 0 Å². The molecule has 2 unspecified atom stereocenters. The lowest BCUT2D eigenvalue weighted by Crippen LogP contribution is -2.45. The summed E-state index contributed by atoms with van der Waals surface area (Å²) in [6.45, 7) is 1.38. The molecule has 1 aromatic heterocycles. The van der Waals surface area contributed by atoms with Gasteiger partial charge in [0.25, 0.3) is 5.91 Å². The van der Waals surface area contributed by atoms with Crippen LogP contribution in [-0.2, 0) is 0 Å². The summed E-state index contributed by atoms with van der Waals surface area (Å²) in [6, 6.07) is 0. The number of fused-ring (bicyclic) bond motifs is 1. The van der Waals surface area contributed by atoms with Gasteiger partial charge in [0.15, 0.2) is 0 Å². The van der Waals surface area contributed by atoms with E-state index >= 15 is 0 Å². The first-order chi connectivity index (χ1) is 8.58. The zero-order valence-corrected chi connectivity index (χ0v) is 11.6. The van der Waals surface area contributed by atoms with Crippen molar-refractivity contribution < 1.29 is 4.79 Å². The zero-order valence-electron chi connectivity index (χ0n) is 9.97. The maximum Gasteiger partial charge on any atom is 0.291 e. The molecule has 1 saturated heterocycles. The number of hydrogen-bond donors (Lipinski definition) is 1. The second-order valence-corrected chi connectivity index (χ2v) is 6.15. The molecule has 1 amide bonds. The maximum atomic E-state index is 12.3. The van der Waals surface area contributed by atoms with E-state index in [1.807, 2.05) is 0 Å². The Morgan fingerprint density at radius 3 is 2.89 bits per heavy atom. The Morgan fingerprint density at radius 2 is 2.22 bits per heavy atom. The van der Waals surface area contributed by atoms with Crippen LogP contribution in [0, 0.1) is 5.92 Å². The van der Waals surface area contributed by atoms with E-state index in [0.717, 1.165) is 23.9 Å². The number of halogens is 1. The average molecular weight is 311 g/mol. The summed E-state index contributed by atoms with van der Waals surface area (Å²) >= 11 is 3.26. The summed E-state index contributed by atoms with van der Waals surface area (Å²) < 4.78 is 0.771. The molecule has 1 saturated carbocycles. The van der Waals surface area contributed by atoms with E-state index in [9.17, 15) is 4.79 Å². The van der Waals surface area contributed by atoms with Crippen LogP contribution in [0.1, 0.15) is 29.9 Å². The Morgan fingerprint density at radius 1 is 1.50 bits per heavy atom. The molecule has 0 bridgehead atoms. The molecule has 1 aromatic rings. The topological polar surface area (TPSA) is 72.1 Å². The molecule has 0 radical (unpaired) electrons. The third-order valence-electron chi connectivity index (χ3n) is 4.03. The van der Waals surface area contributed by atoms with Crippen molar-refractivity contribution in [3.05, 3.63) is 22.7 Å². The summed E-state index contributed by atoms with van der Waals surface area (Å²) in [5.74, 6) is 0.584. The van der Waals surface area contributed by atoms with E-state index in [4.69, 9.17) is 5.73 Å². The highest BCUT2D eigenvalue weighted by atomic mass is 79.9. The van der Waals surface area contributed by atoms with E-state index in [2.05, 4.69) is 25.9 Å². The molecule has 3 rings (SSSR count). The van der Waals surface area contributed by atoms with Crippen LogP contribution in [0.25, 0.3) is 0 Å². The molecule has 6 heteroatoms. The van der Waals surface area contributed by atoms with Crippen LogP contribution in [0.5, 0.6) is 0 Å². The lowest BCUT2D eigenvalue weighted by molar-refractivity contribution is 0.0766. The molecule has 1 aliphatic carbocycles. The van der Waals surface area contributed by atoms with Crippen molar-refractivity contribution in [3.63, 3.8) is 0 Å². The molecule has 18 heavy (non-hydrogen) atoms. The highest BCUT2D eigenvalue weighted by molar-refractivity contribution is 9.10. The van der Waals surface area contributed by atoms with Gasteiger partial charge in [0.05, 0.1) is 4.47 Å². The van der Waals surface area contributed by atoms with Crippen molar-refractivity contribution in [1.82, 2.24) is 14.9 Å². The maximum absolute atomic E-state index is 12.3. The number of nitrogens with zero attached hydrogens (tertiary/aromatic N) is 3. The molecule has 1 aliphatic heterocycles. The van der Waals surface area contributed by atoms with Crippen LogP contribution in [0.15, 0.2) is 16.9 Å². The minimum Gasteiger partial charge on any atom is -0.334 e. The van der Waals surface area contributed by atoms with Gasteiger partial charge in [-0.1, -0.05) is 6.42 Å². The first-order valence-electron chi connectivity index (χ1n) is 6.14. The number of rotatable bonds is 1. The number of aromatic nitrogens is 2. The second kappa shape index (κ2) is 4.28. The fourth-order valence-corrected chi connectivity index (χ4v) is 3.26. The molecule has 96 valence electrons. The smallest absolute Gasteiger partial charge is 0.291 e. The third-order valence-corrected chi connectivity index (χ3v) is 4.44. The van der Waals surface area contributed by atoms with Crippen LogP contribution in [0.3, 0.4) is 0 Å². The summed E-state index contributed by atoms with van der Waals surface area (Å²) in [5, 5.41) is 0. The van der Waals surface area contributed by atoms with Gasteiger partial charge >= 0.3 is 0 Å². The first kappa shape index (κ1) is 12.0. The molecule has 5 nitrogen and oxygen atoms in total. The van der Waals surface area contributed by atoms with Crippen molar-refractivity contribution in [3.8, 4) is 0 Å². The Labute approximate surface area is 114 Å². The fraction of sp³-hybridized carbons (Fsp3) is 0.583. The van der Waals surface area contributed by atoms with Crippen molar-refractivity contribution >= 4 is 21.8 Å². The van der Waals surface area contributed by atoms with Crippen molar-refractivity contribution in [2.24, 2.45) is 11.7 Å². The highest BCUT2D eigenvalue weighted by Crippen LogP contribution is 2.39. The van der Waals surface area contributed by atoms with E-state index in [1.54, 1.807) is 17.3 Å². The van der Waals surface area contributed by atoms with Gasteiger partial charge in [-0.25, -0.2) is 9.97 Å². The Hall–Kier alpha value is -1.01. The van der Waals surface area contributed by atoms with Gasteiger partial charge in [-0.15, -0.1) is 0 Å². The number of likely N-dealkylation sites (tertiary alicyclic amines) is 1. The average Bonchev–Trinajstić information content (AvgIpc) is 2.84. The first-order valence-corrected chi connectivity index (χ1v) is 6.93. The second-order valence-electron chi connectivity index (χ2n) is 5.23. The normalized spacial score (nSPS) is 30.6. The Bertz CT molecular complexity index is 477.